The molecule has 2 N–H and O–H groups in total. The molecule has 0 aliphatic rings. The highest BCUT2D eigenvalue weighted by Crippen LogP contribution is 2.33. The average Bonchev–Trinajstić information content (AvgIpc) is 3.06. The van der Waals surface area contributed by atoms with E-state index in [2.05, 4.69) is 39.3 Å². The Morgan fingerprint density at radius 1 is 1.21 bits per heavy atom. The summed E-state index contributed by atoms with van der Waals surface area (Å²) in [5.74, 6) is 1.22. The zero-order valence-electron chi connectivity index (χ0n) is 10.7. The standard InChI is InChI=1S/C13H14N4S2/c1-8(10-4-3-6-18-10)17(2)11-9-5-7-19-12(9)16-13(14)15-11/h3-8H,1-2H3,(H2,14,15,16). The number of fused-ring (bicyclic) bond motifs is 1. The van der Waals surface area contributed by atoms with E-state index >= 15 is 0 Å². The van der Waals surface area contributed by atoms with Gasteiger partial charge in [-0.3, -0.25) is 0 Å². The normalized spacial score (nSPS) is 12.7. The number of anilines is 2. The van der Waals surface area contributed by atoms with E-state index in [0.29, 0.717) is 5.95 Å². The topological polar surface area (TPSA) is 55.0 Å². The molecule has 98 valence electrons. The van der Waals surface area contributed by atoms with Crippen LogP contribution in [-0.4, -0.2) is 17.0 Å². The molecule has 0 saturated carbocycles. The highest BCUT2D eigenvalue weighted by Gasteiger charge is 2.18. The minimum atomic E-state index is 0.261. The van der Waals surface area contributed by atoms with Gasteiger partial charge in [-0.25, -0.2) is 4.98 Å². The highest BCUT2D eigenvalue weighted by atomic mass is 32.1. The van der Waals surface area contributed by atoms with Crippen LogP contribution in [0.3, 0.4) is 0 Å². The van der Waals surface area contributed by atoms with Crippen molar-refractivity contribution >= 4 is 44.7 Å². The van der Waals surface area contributed by atoms with Crippen LogP contribution in [0.15, 0.2) is 29.0 Å². The van der Waals surface area contributed by atoms with E-state index in [1.54, 1.807) is 22.7 Å². The van der Waals surface area contributed by atoms with Crippen LogP contribution in [0.4, 0.5) is 11.8 Å². The van der Waals surface area contributed by atoms with Gasteiger partial charge in [0.05, 0.1) is 11.4 Å². The maximum absolute atomic E-state index is 5.80. The number of nitrogens with two attached hydrogens (primary N) is 1. The van der Waals surface area contributed by atoms with Crippen molar-refractivity contribution in [1.82, 2.24) is 9.97 Å². The molecule has 1 atom stereocenters. The summed E-state index contributed by atoms with van der Waals surface area (Å²) in [6, 6.07) is 6.52. The van der Waals surface area contributed by atoms with Gasteiger partial charge in [0, 0.05) is 11.9 Å². The summed E-state index contributed by atoms with van der Waals surface area (Å²) in [5.41, 5.74) is 5.80. The number of nitrogen functional groups attached to an aromatic ring is 1. The molecule has 0 aromatic carbocycles. The second-order valence-electron chi connectivity index (χ2n) is 4.35. The molecule has 3 rings (SSSR count). The fourth-order valence-corrected chi connectivity index (χ4v) is 3.62. The first-order valence-electron chi connectivity index (χ1n) is 5.94. The predicted octanol–water partition coefficient (Wildman–Crippen LogP) is 3.53. The summed E-state index contributed by atoms with van der Waals surface area (Å²) < 4.78 is 0. The molecule has 3 heterocycles. The van der Waals surface area contributed by atoms with Gasteiger partial charge in [-0.2, -0.15) is 4.98 Å². The number of rotatable bonds is 3. The van der Waals surface area contributed by atoms with E-state index in [1.165, 1.54) is 4.88 Å². The second kappa shape index (κ2) is 4.79. The molecule has 4 nitrogen and oxygen atoms in total. The molecular formula is C13H14N4S2. The Hall–Kier alpha value is -1.66. The van der Waals surface area contributed by atoms with Crippen molar-refractivity contribution in [3.63, 3.8) is 0 Å². The van der Waals surface area contributed by atoms with Crippen molar-refractivity contribution in [3.8, 4) is 0 Å². The van der Waals surface area contributed by atoms with Gasteiger partial charge in [0.15, 0.2) is 0 Å². The van der Waals surface area contributed by atoms with Crippen molar-refractivity contribution in [2.24, 2.45) is 0 Å². The molecule has 0 amide bonds. The van der Waals surface area contributed by atoms with Crippen LogP contribution in [0.2, 0.25) is 0 Å². The third-order valence-electron chi connectivity index (χ3n) is 3.19. The highest BCUT2D eigenvalue weighted by molar-refractivity contribution is 7.16. The van der Waals surface area contributed by atoms with Crippen LogP contribution in [0.1, 0.15) is 17.8 Å². The summed E-state index contributed by atoms with van der Waals surface area (Å²) in [6.07, 6.45) is 0. The van der Waals surface area contributed by atoms with Gasteiger partial charge >= 0.3 is 0 Å². The lowest BCUT2D eigenvalue weighted by atomic mass is 10.2. The minimum Gasteiger partial charge on any atom is -0.368 e. The molecule has 3 aromatic heterocycles. The number of aromatic nitrogens is 2. The van der Waals surface area contributed by atoms with E-state index in [-0.39, 0.29) is 6.04 Å². The Bertz CT molecular complexity index is 690. The maximum atomic E-state index is 5.80. The molecule has 6 heteroatoms. The van der Waals surface area contributed by atoms with Gasteiger partial charge in [-0.1, -0.05) is 6.07 Å². The lowest BCUT2D eigenvalue weighted by Gasteiger charge is -2.25. The molecule has 3 aromatic rings. The Morgan fingerprint density at radius 3 is 2.79 bits per heavy atom. The summed E-state index contributed by atoms with van der Waals surface area (Å²) in [7, 11) is 2.04. The molecule has 0 aliphatic carbocycles. The largest absolute Gasteiger partial charge is 0.368 e. The SMILES string of the molecule is CC(c1cccs1)N(C)c1nc(N)nc2sccc12. The summed E-state index contributed by atoms with van der Waals surface area (Å²) in [5, 5.41) is 5.17. The van der Waals surface area contributed by atoms with Crippen molar-refractivity contribution in [1.29, 1.82) is 0 Å². The first-order chi connectivity index (χ1) is 9.16. The minimum absolute atomic E-state index is 0.261. The van der Waals surface area contributed by atoms with E-state index in [1.807, 2.05) is 18.5 Å². The van der Waals surface area contributed by atoms with Crippen LogP contribution in [0.25, 0.3) is 10.2 Å². The molecule has 0 spiro atoms. The fraction of sp³-hybridized carbons (Fsp3) is 0.231. The number of hydrogen-bond acceptors (Lipinski definition) is 6. The lowest BCUT2D eigenvalue weighted by Crippen LogP contribution is -2.22. The molecule has 1 unspecified atom stereocenters. The zero-order valence-corrected chi connectivity index (χ0v) is 12.3. The van der Waals surface area contributed by atoms with Crippen LogP contribution in [0.5, 0.6) is 0 Å². The third-order valence-corrected chi connectivity index (χ3v) is 5.04. The van der Waals surface area contributed by atoms with Gasteiger partial charge in [0.2, 0.25) is 5.95 Å². The maximum Gasteiger partial charge on any atom is 0.223 e. The Morgan fingerprint density at radius 2 is 2.05 bits per heavy atom. The van der Waals surface area contributed by atoms with Gasteiger partial charge in [0.25, 0.3) is 0 Å². The summed E-state index contributed by atoms with van der Waals surface area (Å²) >= 11 is 3.34. The summed E-state index contributed by atoms with van der Waals surface area (Å²) in [4.78, 5) is 13.1. The predicted molar refractivity (Wildman–Crippen MR) is 83.0 cm³/mol. The Kier molecular flexibility index (Phi) is 3.12. The Labute approximate surface area is 119 Å². The molecule has 0 bridgehead atoms. The third kappa shape index (κ3) is 2.17. The first kappa shape index (κ1) is 12.4. The summed E-state index contributed by atoms with van der Waals surface area (Å²) in [6.45, 7) is 2.17. The van der Waals surface area contributed by atoms with Crippen LogP contribution < -0.4 is 10.6 Å². The molecule has 0 radical (unpaired) electrons. The van der Waals surface area contributed by atoms with Gasteiger partial charge in [-0.15, -0.1) is 22.7 Å². The molecular weight excluding hydrogens is 276 g/mol. The van der Waals surface area contributed by atoms with Gasteiger partial charge in [-0.05, 0) is 29.8 Å². The van der Waals surface area contributed by atoms with Crippen molar-refractivity contribution < 1.29 is 0 Å². The van der Waals surface area contributed by atoms with Crippen molar-refractivity contribution in [2.45, 2.75) is 13.0 Å². The lowest BCUT2D eigenvalue weighted by molar-refractivity contribution is 0.745. The fourth-order valence-electron chi connectivity index (χ4n) is 2.03. The van der Waals surface area contributed by atoms with Crippen molar-refractivity contribution in [2.75, 3.05) is 17.7 Å². The Balaban J connectivity index is 2.06. The monoisotopic (exact) mass is 290 g/mol. The van der Waals surface area contributed by atoms with Crippen LogP contribution in [0, 0.1) is 0 Å². The molecule has 19 heavy (non-hydrogen) atoms. The number of nitrogens with zero attached hydrogens (tertiary/aromatic N) is 3. The average molecular weight is 290 g/mol. The van der Waals surface area contributed by atoms with Crippen LogP contribution >= 0.6 is 22.7 Å². The second-order valence-corrected chi connectivity index (χ2v) is 6.22. The van der Waals surface area contributed by atoms with E-state index in [4.69, 9.17) is 5.73 Å². The van der Waals surface area contributed by atoms with E-state index < -0.39 is 0 Å². The molecule has 0 aliphatic heterocycles. The molecule has 0 fully saturated rings. The van der Waals surface area contributed by atoms with Crippen molar-refractivity contribution in [3.05, 3.63) is 33.8 Å². The number of hydrogen-bond donors (Lipinski definition) is 1. The van der Waals surface area contributed by atoms with E-state index in [0.717, 1.165) is 16.0 Å². The van der Waals surface area contributed by atoms with Gasteiger partial charge < -0.3 is 10.6 Å². The first-order valence-corrected chi connectivity index (χ1v) is 7.69. The van der Waals surface area contributed by atoms with E-state index in [9.17, 15) is 0 Å². The zero-order chi connectivity index (χ0) is 13.4. The quantitative estimate of drug-likeness (QED) is 0.801. The van der Waals surface area contributed by atoms with Crippen LogP contribution in [-0.2, 0) is 0 Å². The molecule has 0 saturated heterocycles. The smallest absolute Gasteiger partial charge is 0.223 e. The number of thiophene rings is 2. The van der Waals surface area contributed by atoms with Gasteiger partial charge in [0.1, 0.15) is 10.6 Å².